The molecule has 1 heterocycles. The van der Waals surface area contributed by atoms with Gasteiger partial charge in [0.05, 0.1) is 25.4 Å². The molecule has 152 valence electrons. The van der Waals surface area contributed by atoms with Crippen molar-refractivity contribution in [3.05, 3.63) is 71.8 Å². The van der Waals surface area contributed by atoms with E-state index in [4.69, 9.17) is 18.9 Å². The summed E-state index contributed by atoms with van der Waals surface area (Å²) in [4.78, 5) is 0. The first-order valence-electron chi connectivity index (χ1n) is 9.84. The summed E-state index contributed by atoms with van der Waals surface area (Å²) in [6.45, 7) is 6.57. The molecule has 0 aromatic heterocycles. The lowest BCUT2D eigenvalue weighted by atomic mass is 9.99. The second-order valence-electron chi connectivity index (χ2n) is 7.41. The topological polar surface area (TPSA) is 57.2 Å². The SMILES string of the molecule is CC(C)O[C@H]1OC(C)[C@H](OCc2ccccc2)[C@H](OCc2ccccc2)C1O. The lowest BCUT2D eigenvalue weighted by Gasteiger charge is -2.43. The molecule has 0 radical (unpaired) electrons. The first-order valence-corrected chi connectivity index (χ1v) is 9.84. The average Bonchev–Trinajstić information content (AvgIpc) is 2.69. The minimum absolute atomic E-state index is 0.0663. The van der Waals surface area contributed by atoms with Crippen LogP contribution in [-0.2, 0) is 32.2 Å². The Kier molecular flexibility index (Phi) is 7.59. The van der Waals surface area contributed by atoms with Crippen molar-refractivity contribution in [1.82, 2.24) is 0 Å². The standard InChI is InChI=1S/C23H30O5/c1-16(2)27-23-20(24)22(26-15-19-12-8-5-9-13-19)21(17(3)28-23)25-14-18-10-6-4-7-11-18/h4-13,16-17,20-24H,14-15H2,1-3H3/t17?,20?,21-,22+,23-/m0/s1. The molecule has 1 saturated heterocycles. The van der Waals surface area contributed by atoms with E-state index in [9.17, 15) is 5.11 Å². The van der Waals surface area contributed by atoms with Crippen molar-refractivity contribution in [3.63, 3.8) is 0 Å². The smallest absolute Gasteiger partial charge is 0.186 e. The molecule has 2 unspecified atom stereocenters. The van der Waals surface area contributed by atoms with Gasteiger partial charge in [-0.2, -0.15) is 0 Å². The molecule has 28 heavy (non-hydrogen) atoms. The van der Waals surface area contributed by atoms with Crippen LogP contribution in [0.25, 0.3) is 0 Å². The zero-order chi connectivity index (χ0) is 19.9. The molecule has 1 aliphatic rings. The summed E-state index contributed by atoms with van der Waals surface area (Å²) in [6.07, 6.45) is -3.00. The molecule has 0 spiro atoms. The molecule has 1 aliphatic heterocycles. The summed E-state index contributed by atoms with van der Waals surface area (Å²) < 4.78 is 23.9. The summed E-state index contributed by atoms with van der Waals surface area (Å²) in [5.74, 6) is 0. The summed E-state index contributed by atoms with van der Waals surface area (Å²) in [6, 6.07) is 19.8. The van der Waals surface area contributed by atoms with E-state index in [2.05, 4.69) is 0 Å². The van der Waals surface area contributed by atoms with Crippen molar-refractivity contribution in [2.45, 2.75) is 70.8 Å². The highest BCUT2D eigenvalue weighted by Crippen LogP contribution is 2.28. The Hall–Kier alpha value is -1.76. The van der Waals surface area contributed by atoms with Gasteiger partial charge in [0.1, 0.15) is 18.3 Å². The highest BCUT2D eigenvalue weighted by Gasteiger charge is 2.46. The maximum atomic E-state index is 10.9. The van der Waals surface area contributed by atoms with Crippen LogP contribution in [0.3, 0.4) is 0 Å². The fourth-order valence-corrected chi connectivity index (χ4v) is 3.32. The van der Waals surface area contributed by atoms with Crippen LogP contribution in [0.1, 0.15) is 31.9 Å². The maximum Gasteiger partial charge on any atom is 0.186 e. The molecular weight excluding hydrogens is 356 g/mol. The van der Waals surface area contributed by atoms with Gasteiger partial charge in [-0.05, 0) is 31.9 Å². The Balaban J connectivity index is 1.71. The van der Waals surface area contributed by atoms with E-state index in [1.807, 2.05) is 81.4 Å². The average molecular weight is 386 g/mol. The fraction of sp³-hybridized carbons (Fsp3) is 0.478. The van der Waals surface area contributed by atoms with Crippen LogP contribution in [-0.4, -0.2) is 41.9 Å². The molecule has 0 saturated carbocycles. The Morgan fingerprint density at radius 1 is 0.857 bits per heavy atom. The van der Waals surface area contributed by atoms with Gasteiger partial charge in [0.15, 0.2) is 6.29 Å². The lowest BCUT2D eigenvalue weighted by Crippen LogP contribution is -2.59. The van der Waals surface area contributed by atoms with Crippen LogP contribution in [0.2, 0.25) is 0 Å². The normalized spacial score (nSPS) is 27.8. The molecule has 0 bridgehead atoms. The van der Waals surface area contributed by atoms with Crippen molar-refractivity contribution in [3.8, 4) is 0 Å². The Bertz CT molecular complexity index is 691. The minimum Gasteiger partial charge on any atom is -0.385 e. The van der Waals surface area contributed by atoms with Crippen LogP contribution in [0.4, 0.5) is 0 Å². The Labute approximate surface area is 167 Å². The van der Waals surface area contributed by atoms with Gasteiger partial charge in [-0.1, -0.05) is 60.7 Å². The number of ether oxygens (including phenoxy) is 4. The highest BCUT2D eigenvalue weighted by molar-refractivity contribution is 5.14. The van der Waals surface area contributed by atoms with Crippen LogP contribution >= 0.6 is 0 Å². The van der Waals surface area contributed by atoms with Gasteiger partial charge >= 0.3 is 0 Å². The van der Waals surface area contributed by atoms with Crippen molar-refractivity contribution in [1.29, 1.82) is 0 Å². The second kappa shape index (κ2) is 10.1. The quantitative estimate of drug-likeness (QED) is 0.750. The minimum atomic E-state index is -0.942. The number of aliphatic hydroxyl groups excluding tert-OH is 1. The third-order valence-electron chi connectivity index (χ3n) is 4.73. The van der Waals surface area contributed by atoms with E-state index in [1.165, 1.54) is 0 Å². The van der Waals surface area contributed by atoms with Crippen LogP contribution in [0.5, 0.6) is 0 Å². The highest BCUT2D eigenvalue weighted by atomic mass is 16.7. The van der Waals surface area contributed by atoms with E-state index in [0.717, 1.165) is 11.1 Å². The molecule has 2 aromatic carbocycles. The van der Waals surface area contributed by atoms with Crippen molar-refractivity contribution in [2.24, 2.45) is 0 Å². The van der Waals surface area contributed by atoms with Gasteiger partial charge in [-0.3, -0.25) is 0 Å². The van der Waals surface area contributed by atoms with Crippen LogP contribution < -0.4 is 0 Å². The van der Waals surface area contributed by atoms with Gasteiger partial charge in [-0.15, -0.1) is 0 Å². The molecular formula is C23H30O5. The first-order chi connectivity index (χ1) is 13.5. The molecule has 5 atom stereocenters. The zero-order valence-electron chi connectivity index (χ0n) is 16.7. The number of rotatable bonds is 8. The first kappa shape index (κ1) is 21.0. The van der Waals surface area contributed by atoms with Crippen molar-refractivity contribution < 1.29 is 24.1 Å². The molecule has 2 aromatic rings. The zero-order valence-corrected chi connectivity index (χ0v) is 16.7. The van der Waals surface area contributed by atoms with Crippen molar-refractivity contribution >= 4 is 0 Å². The predicted molar refractivity (Wildman–Crippen MR) is 107 cm³/mol. The van der Waals surface area contributed by atoms with Gasteiger partial charge in [0.25, 0.3) is 0 Å². The van der Waals surface area contributed by atoms with E-state index in [-0.39, 0.29) is 12.2 Å². The van der Waals surface area contributed by atoms with Gasteiger partial charge in [0, 0.05) is 0 Å². The van der Waals surface area contributed by atoms with Gasteiger partial charge < -0.3 is 24.1 Å². The maximum absolute atomic E-state index is 10.9. The Morgan fingerprint density at radius 2 is 1.36 bits per heavy atom. The molecule has 5 nitrogen and oxygen atoms in total. The van der Waals surface area contributed by atoms with Gasteiger partial charge in [0.2, 0.25) is 0 Å². The van der Waals surface area contributed by atoms with E-state index in [1.54, 1.807) is 0 Å². The van der Waals surface area contributed by atoms with E-state index in [0.29, 0.717) is 13.2 Å². The van der Waals surface area contributed by atoms with Gasteiger partial charge in [-0.25, -0.2) is 0 Å². The predicted octanol–water partition coefficient (Wildman–Crippen LogP) is 3.69. The molecule has 1 N–H and O–H groups in total. The van der Waals surface area contributed by atoms with Crippen LogP contribution in [0, 0.1) is 0 Å². The third kappa shape index (κ3) is 5.63. The number of aliphatic hydroxyl groups is 1. The van der Waals surface area contributed by atoms with E-state index < -0.39 is 24.6 Å². The molecule has 0 amide bonds. The molecule has 0 aliphatic carbocycles. The summed E-state index contributed by atoms with van der Waals surface area (Å²) >= 11 is 0. The fourth-order valence-electron chi connectivity index (χ4n) is 3.32. The van der Waals surface area contributed by atoms with Crippen LogP contribution in [0.15, 0.2) is 60.7 Å². The number of hydrogen-bond acceptors (Lipinski definition) is 5. The Morgan fingerprint density at radius 3 is 1.86 bits per heavy atom. The summed E-state index contributed by atoms with van der Waals surface area (Å²) in [5.41, 5.74) is 2.10. The molecule has 1 fully saturated rings. The monoisotopic (exact) mass is 386 g/mol. The van der Waals surface area contributed by atoms with E-state index >= 15 is 0 Å². The summed E-state index contributed by atoms with van der Waals surface area (Å²) in [5, 5.41) is 10.9. The summed E-state index contributed by atoms with van der Waals surface area (Å²) in [7, 11) is 0. The van der Waals surface area contributed by atoms with Crippen molar-refractivity contribution in [2.75, 3.05) is 0 Å². The third-order valence-corrected chi connectivity index (χ3v) is 4.73. The number of benzene rings is 2. The second-order valence-corrected chi connectivity index (χ2v) is 7.41. The lowest BCUT2D eigenvalue weighted by molar-refractivity contribution is -0.316. The molecule has 5 heteroatoms. The largest absolute Gasteiger partial charge is 0.385 e. The molecule has 3 rings (SSSR count). The number of hydrogen-bond donors (Lipinski definition) is 1.